The van der Waals surface area contributed by atoms with E-state index in [9.17, 15) is 8.42 Å². The van der Waals surface area contributed by atoms with Gasteiger partial charge in [0.05, 0.1) is 12.3 Å². The number of rotatable bonds is 5. The highest BCUT2D eigenvalue weighted by molar-refractivity contribution is 7.92. The number of nitrogens with zero attached hydrogens (tertiary/aromatic N) is 2. The summed E-state index contributed by atoms with van der Waals surface area (Å²) in [4.78, 5) is -0.0489. The van der Waals surface area contributed by atoms with E-state index in [0.717, 1.165) is 5.56 Å². The van der Waals surface area contributed by atoms with Gasteiger partial charge >= 0.3 is 0 Å². The van der Waals surface area contributed by atoms with Crippen LogP contribution in [0.5, 0.6) is 0 Å². The van der Waals surface area contributed by atoms with Crippen LogP contribution in [0, 0.1) is 0 Å². The molecule has 0 saturated heterocycles. The first kappa shape index (κ1) is 14.4. The van der Waals surface area contributed by atoms with E-state index in [4.69, 9.17) is 10.5 Å². The van der Waals surface area contributed by atoms with Gasteiger partial charge in [-0.2, -0.15) is 5.10 Å². The van der Waals surface area contributed by atoms with Gasteiger partial charge in [0.1, 0.15) is 4.90 Å². The van der Waals surface area contributed by atoms with Crippen molar-refractivity contribution in [1.82, 2.24) is 9.78 Å². The van der Waals surface area contributed by atoms with E-state index in [1.54, 1.807) is 32.4 Å². The van der Waals surface area contributed by atoms with Crippen LogP contribution in [0.15, 0.2) is 35.4 Å². The molecule has 1 heterocycles. The van der Waals surface area contributed by atoms with Crippen LogP contribution in [0.1, 0.15) is 5.56 Å². The lowest BCUT2D eigenvalue weighted by Gasteiger charge is -2.11. The second-order valence-electron chi connectivity index (χ2n) is 4.25. The van der Waals surface area contributed by atoms with Crippen LogP contribution >= 0.6 is 0 Å². The Bertz CT molecular complexity index is 709. The van der Waals surface area contributed by atoms with E-state index in [1.807, 2.05) is 6.07 Å². The number of hydrogen-bond acceptors (Lipinski definition) is 5. The third-order valence-corrected chi connectivity index (χ3v) is 4.06. The number of ether oxygens (including phenoxy) is 1. The summed E-state index contributed by atoms with van der Waals surface area (Å²) in [5, 5.41) is 3.83. The van der Waals surface area contributed by atoms with E-state index in [-0.39, 0.29) is 10.7 Å². The van der Waals surface area contributed by atoms with Gasteiger partial charge in [0.15, 0.2) is 5.82 Å². The fourth-order valence-electron chi connectivity index (χ4n) is 1.79. The molecule has 20 heavy (non-hydrogen) atoms. The van der Waals surface area contributed by atoms with Crippen LogP contribution in [0.4, 0.5) is 11.5 Å². The molecule has 0 aliphatic rings. The molecule has 0 spiro atoms. The largest absolute Gasteiger partial charge is 0.381 e. The highest BCUT2D eigenvalue weighted by atomic mass is 32.2. The van der Waals surface area contributed by atoms with E-state index in [1.165, 1.54) is 10.9 Å². The Morgan fingerprint density at radius 3 is 2.70 bits per heavy atom. The van der Waals surface area contributed by atoms with Crippen molar-refractivity contribution in [2.45, 2.75) is 11.5 Å². The van der Waals surface area contributed by atoms with Crippen molar-refractivity contribution in [2.75, 3.05) is 17.6 Å². The quantitative estimate of drug-likeness (QED) is 0.855. The summed E-state index contributed by atoms with van der Waals surface area (Å²) in [7, 11) is -0.626. The summed E-state index contributed by atoms with van der Waals surface area (Å²) in [5.41, 5.74) is 6.80. The first-order valence-electron chi connectivity index (χ1n) is 5.83. The first-order valence-corrected chi connectivity index (χ1v) is 7.31. The molecule has 1 aromatic carbocycles. The summed E-state index contributed by atoms with van der Waals surface area (Å²) in [6, 6.07) is 7.00. The third-order valence-electron chi connectivity index (χ3n) is 2.67. The average Bonchev–Trinajstić information content (AvgIpc) is 2.72. The number of hydrogen-bond donors (Lipinski definition) is 2. The van der Waals surface area contributed by atoms with Gasteiger partial charge < -0.3 is 10.5 Å². The molecular weight excluding hydrogens is 280 g/mol. The number of anilines is 2. The van der Waals surface area contributed by atoms with Crippen LogP contribution in [0.2, 0.25) is 0 Å². The molecule has 0 unspecified atom stereocenters. The van der Waals surface area contributed by atoms with Crippen molar-refractivity contribution in [1.29, 1.82) is 0 Å². The number of para-hydroxylation sites is 1. The Kier molecular flexibility index (Phi) is 3.96. The molecule has 0 amide bonds. The normalized spacial score (nSPS) is 11.5. The second-order valence-corrected chi connectivity index (χ2v) is 5.90. The Balaban J connectivity index is 2.36. The number of methoxy groups -OCH3 is 1. The van der Waals surface area contributed by atoms with Gasteiger partial charge in [0.25, 0.3) is 10.0 Å². The van der Waals surface area contributed by atoms with Crippen molar-refractivity contribution in [3.05, 3.63) is 36.0 Å². The maximum absolute atomic E-state index is 12.3. The van der Waals surface area contributed by atoms with Gasteiger partial charge in [-0.1, -0.05) is 18.2 Å². The molecular formula is C12H16N4O3S. The molecule has 0 bridgehead atoms. The summed E-state index contributed by atoms with van der Waals surface area (Å²) < 4.78 is 33.5. The summed E-state index contributed by atoms with van der Waals surface area (Å²) >= 11 is 0. The highest BCUT2D eigenvalue weighted by Gasteiger charge is 2.21. The first-order chi connectivity index (χ1) is 9.44. The molecule has 0 aliphatic carbocycles. The van der Waals surface area contributed by atoms with Crippen molar-refractivity contribution in [2.24, 2.45) is 7.05 Å². The van der Waals surface area contributed by atoms with E-state index >= 15 is 0 Å². The van der Waals surface area contributed by atoms with Crippen molar-refractivity contribution in [3.63, 3.8) is 0 Å². The Morgan fingerprint density at radius 1 is 1.40 bits per heavy atom. The maximum Gasteiger partial charge on any atom is 0.267 e. The highest BCUT2D eigenvalue weighted by Crippen LogP contribution is 2.23. The van der Waals surface area contributed by atoms with Gasteiger partial charge in [-0.15, -0.1) is 0 Å². The number of aromatic nitrogens is 2. The van der Waals surface area contributed by atoms with Crippen LogP contribution < -0.4 is 10.5 Å². The predicted octanol–water partition coefficient (Wildman–Crippen LogP) is 0.949. The minimum absolute atomic E-state index is 0.0378. The zero-order valence-corrected chi connectivity index (χ0v) is 12.0. The average molecular weight is 296 g/mol. The van der Waals surface area contributed by atoms with E-state index in [0.29, 0.717) is 12.3 Å². The van der Waals surface area contributed by atoms with E-state index in [2.05, 4.69) is 9.82 Å². The fourth-order valence-corrected chi connectivity index (χ4v) is 3.00. The van der Waals surface area contributed by atoms with Crippen molar-refractivity contribution >= 4 is 21.5 Å². The minimum Gasteiger partial charge on any atom is -0.381 e. The second kappa shape index (κ2) is 5.51. The molecule has 8 heteroatoms. The molecule has 1 aromatic heterocycles. The van der Waals surface area contributed by atoms with Gasteiger partial charge in [-0.05, 0) is 6.07 Å². The molecule has 0 saturated carbocycles. The van der Waals surface area contributed by atoms with Gasteiger partial charge in [0, 0.05) is 25.9 Å². The standard InChI is InChI=1S/C12H16N4O3S/c1-16-7-11(12(13)14-16)20(17,18)15-10-6-4-3-5-9(10)8-19-2/h3-7,15H,8H2,1-2H3,(H2,13,14). The summed E-state index contributed by atoms with van der Waals surface area (Å²) in [6.07, 6.45) is 1.36. The van der Waals surface area contributed by atoms with Crippen LogP contribution in [0.3, 0.4) is 0 Å². The number of sulfonamides is 1. The number of benzene rings is 1. The maximum atomic E-state index is 12.3. The minimum atomic E-state index is -3.78. The Morgan fingerprint density at radius 2 is 2.10 bits per heavy atom. The van der Waals surface area contributed by atoms with Gasteiger partial charge in [-0.3, -0.25) is 9.40 Å². The molecule has 2 aromatic rings. The topological polar surface area (TPSA) is 99.2 Å². The van der Waals surface area contributed by atoms with Gasteiger partial charge in [-0.25, -0.2) is 8.42 Å². The number of nitrogens with one attached hydrogen (secondary N) is 1. The Labute approximate surface area is 117 Å². The molecule has 7 nitrogen and oxygen atoms in total. The third kappa shape index (κ3) is 2.91. The van der Waals surface area contributed by atoms with Gasteiger partial charge in [0.2, 0.25) is 0 Å². The molecule has 0 radical (unpaired) electrons. The zero-order chi connectivity index (χ0) is 14.8. The molecule has 0 atom stereocenters. The van der Waals surface area contributed by atoms with Crippen LogP contribution in [-0.4, -0.2) is 25.3 Å². The zero-order valence-electron chi connectivity index (χ0n) is 11.2. The fraction of sp³-hybridized carbons (Fsp3) is 0.250. The number of nitrogen functional groups attached to an aromatic ring is 1. The monoisotopic (exact) mass is 296 g/mol. The number of nitrogens with two attached hydrogens (primary N) is 1. The molecule has 0 fully saturated rings. The van der Waals surface area contributed by atoms with Crippen molar-refractivity contribution < 1.29 is 13.2 Å². The predicted molar refractivity (Wildman–Crippen MR) is 75.6 cm³/mol. The Hall–Kier alpha value is -2.06. The molecule has 108 valence electrons. The lowest BCUT2D eigenvalue weighted by atomic mass is 10.2. The smallest absolute Gasteiger partial charge is 0.267 e. The van der Waals surface area contributed by atoms with Crippen molar-refractivity contribution in [3.8, 4) is 0 Å². The summed E-state index contributed by atoms with van der Waals surface area (Å²) in [6.45, 7) is 0.307. The molecule has 3 N–H and O–H groups in total. The number of aryl methyl sites for hydroxylation is 1. The summed E-state index contributed by atoms with van der Waals surface area (Å²) in [5.74, 6) is -0.0378. The van der Waals surface area contributed by atoms with Crippen LogP contribution in [-0.2, 0) is 28.4 Å². The molecule has 0 aliphatic heterocycles. The van der Waals surface area contributed by atoms with Crippen LogP contribution in [0.25, 0.3) is 0 Å². The lowest BCUT2D eigenvalue weighted by Crippen LogP contribution is -2.15. The molecule has 2 rings (SSSR count). The SMILES string of the molecule is COCc1ccccc1NS(=O)(=O)c1cn(C)nc1N. The van der Waals surface area contributed by atoms with E-state index < -0.39 is 10.0 Å². The lowest BCUT2D eigenvalue weighted by molar-refractivity contribution is 0.185.